The van der Waals surface area contributed by atoms with Crippen molar-refractivity contribution in [1.29, 1.82) is 0 Å². The van der Waals surface area contributed by atoms with E-state index >= 15 is 0 Å². The highest BCUT2D eigenvalue weighted by atomic mass is 16.3. The second kappa shape index (κ2) is 6.68. The van der Waals surface area contributed by atoms with Crippen LogP contribution in [-0.2, 0) is 0 Å². The number of carbonyl (C=O) groups excluding carboxylic acids is 1. The number of rotatable bonds is 2. The lowest BCUT2D eigenvalue weighted by Crippen LogP contribution is -2.49. The van der Waals surface area contributed by atoms with E-state index in [1.54, 1.807) is 12.1 Å². The summed E-state index contributed by atoms with van der Waals surface area (Å²) in [7, 11) is 0. The van der Waals surface area contributed by atoms with Gasteiger partial charge in [-0.3, -0.25) is 9.69 Å². The lowest BCUT2D eigenvalue weighted by molar-refractivity contribution is 0.0970. The second-order valence-electron chi connectivity index (χ2n) is 7.77. The third-order valence-corrected chi connectivity index (χ3v) is 5.23. The van der Waals surface area contributed by atoms with Crippen LogP contribution in [0.3, 0.4) is 0 Å². The molecule has 0 bridgehead atoms. The highest BCUT2D eigenvalue weighted by Crippen LogP contribution is 2.41. The van der Waals surface area contributed by atoms with E-state index < -0.39 is 5.54 Å². The zero-order valence-corrected chi connectivity index (χ0v) is 16.3. The summed E-state index contributed by atoms with van der Waals surface area (Å²) >= 11 is 0. The Morgan fingerprint density at radius 2 is 1.54 bits per heavy atom. The molecule has 0 spiro atoms. The quantitative estimate of drug-likeness (QED) is 0.611. The Morgan fingerprint density at radius 1 is 0.893 bits per heavy atom. The van der Waals surface area contributed by atoms with Gasteiger partial charge in [-0.2, -0.15) is 0 Å². The first-order chi connectivity index (χ1) is 13.4. The van der Waals surface area contributed by atoms with Gasteiger partial charge in [-0.25, -0.2) is 0 Å². The van der Waals surface area contributed by atoms with E-state index in [-0.39, 0.29) is 11.7 Å². The van der Waals surface area contributed by atoms with Crippen LogP contribution in [0.4, 0.5) is 5.69 Å². The highest BCUT2D eigenvalue weighted by molar-refractivity contribution is 6.10. The molecule has 3 heteroatoms. The number of phenols is 1. The Labute approximate surface area is 165 Å². The first-order valence-corrected chi connectivity index (χ1v) is 9.40. The molecule has 3 nitrogen and oxygen atoms in total. The second-order valence-corrected chi connectivity index (χ2v) is 7.77. The summed E-state index contributed by atoms with van der Waals surface area (Å²) < 4.78 is 0. The minimum Gasteiger partial charge on any atom is -0.508 e. The lowest BCUT2D eigenvalue weighted by Gasteiger charge is -2.41. The smallest absolute Gasteiger partial charge is 0.259 e. The first kappa shape index (κ1) is 18.1. The van der Waals surface area contributed by atoms with E-state index in [9.17, 15) is 9.90 Å². The van der Waals surface area contributed by atoms with Crippen LogP contribution >= 0.6 is 0 Å². The summed E-state index contributed by atoms with van der Waals surface area (Å²) in [6, 6.07) is 23.0. The molecule has 1 amide bonds. The molecule has 1 aliphatic heterocycles. The fourth-order valence-corrected chi connectivity index (χ4v) is 3.95. The molecule has 0 unspecified atom stereocenters. The van der Waals surface area contributed by atoms with Crippen molar-refractivity contribution in [2.45, 2.75) is 26.3 Å². The van der Waals surface area contributed by atoms with Gasteiger partial charge in [-0.1, -0.05) is 48.5 Å². The van der Waals surface area contributed by atoms with Gasteiger partial charge in [0.1, 0.15) is 5.75 Å². The van der Waals surface area contributed by atoms with E-state index in [1.807, 2.05) is 74.2 Å². The number of fused-ring (bicyclic) bond motifs is 1. The average Bonchev–Trinajstić information content (AvgIpc) is 2.68. The molecule has 1 N–H and O–H groups in total. The number of carbonyl (C=O) groups is 1. The molecule has 0 aliphatic carbocycles. The molecule has 28 heavy (non-hydrogen) atoms. The summed E-state index contributed by atoms with van der Waals surface area (Å²) in [6.07, 6.45) is 2.07. The van der Waals surface area contributed by atoms with Crippen molar-refractivity contribution < 1.29 is 9.90 Å². The van der Waals surface area contributed by atoms with Crippen LogP contribution in [0.1, 0.15) is 36.7 Å². The van der Waals surface area contributed by atoms with Gasteiger partial charge >= 0.3 is 0 Å². The maximum absolute atomic E-state index is 13.5. The summed E-state index contributed by atoms with van der Waals surface area (Å²) in [5, 5.41) is 9.89. The molecule has 0 radical (unpaired) electrons. The van der Waals surface area contributed by atoms with Crippen molar-refractivity contribution in [3.63, 3.8) is 0 Å². The van der Waals surface area contributed by atoms with Crippen molar-refractivity contribution in [2.75, 3.05) is 4.90 Å². The van der Waals surface area contributed by atoms with Crippen LogP contribution in [0.5, 0.6) is 5.75 Å². The van der Waals surface area contributed by atoms with Gasteiger partial charge in [0, 0.05) is 11.1 Å². The van der Waals surface area contributed by atoms with Crippen molar-refractivity contribution in [1.82, 2.24) is 0 Å². The van der Waals surface area contributed by atoms with E-state index in [0.717, 1.165) is 28.0 Å². The largest absolute Gasteiger partial charge is 0.508 e. The van der Waals surface area contributed by atoms with E-state index in [0.29, 0.717) is 5.56 Å². The number of benzene rings is 3. The number of amides is 1. The van der Waals surface area contributed by atoms with Gasteiger partial charge in [0.25, 0.3) is 5.91 Å². The number of hydrogen-bond acceptors (Lipinski definition) is 2. The first-order valence-electron chi connectivity index (χ1n) is 9.40. The standard InChI is InChI=1S/C25H23NO2/c1-17-16-25(2,3)26(23-14-13-21(27)15-22(17)23)24(28)20-11-9-19(10-12-20)18-7-5-4-6-8-18/h4-16,27H,1-3H3. The van der Waals surface area contributed by atoms with Crippen molar-refractivity contribution in [3.05, 3.63) is 90.0 Å². The van der Waals surface area contributed by atoms with Gasteiger partial charge in [-0.05, 0) is 67.8 Å². The van der Waals surface area contributed by atoms with Gasteiger partial charge in [-0.15, -0.1) is 0 Å². The third kappa shape index (κ3) is 3.09. The molecule has 140 valence electrons. The zero-order valence-electron chi connectivity index (χ0n) is 16.3. The molecule has 0 atom stereocenters. The minimum atomic E-state index is -0.469. The van der Waals surface area contributed by atoms with Crippen LogP contribution in [0.25, 0.3) is 16.7 Å². The Kier molecular flexibility index (Phi) is 4.31. The molecule has 3 aromatic rings. The van der Waals surface area contributed by atoms with E-state index in [1.165, 1.54) is 0 Å². The molecule has 1 heterocycles. The molecule has 0 aromatic heterocycles. The monoisotopic (exact) mass is 369 g/mol. The Hall–Kier alpha value is -3.33. The summed E-state index contributed by atoms with van der Waals surface area (Å²) in [5.41, 5.74) is 5.13. The van der Waals surface area contributed by atoms with Crippen LogP contribution in [0.2, 0.25) is 0 Å². The van der Waals surface area contributed by atoms with Crippen LogP contribution in [-0.4, -0.2) is 16.6 Å². The summed E-state index contributed by atoms with van der Waals surface area (Å²) in [5.74, 6) is 0.145. The van der Waals surface area contributed by atoms with E-state index in [2.05, 4.69) is 18.2 Å². The maximum Gasteiger partial charge on any atom is 0.259 e. The highest BCUT2D eigenvalue weighted by Gasteiger charge is 2.36. The van der Waals surface area contributed by atoms with Crippen molar-refractivity contribution in [2.24, 2.45) is 0 Å². The van der Waals surface area contributed by atoms with Gasteiger partial charge in [0.2, 0.25) is 0 Å². The molecule has 0 saturated carbocycles. The van der Waals surface area contributed by atoms with Gasteiger partial charge in [0.15, 0.2) is 0 Å². The average molecular weight is 369 g/mol. The van der Waals surface area contributed by atoms with Gasteiger partial charge in [0.05, 0.1) is 11.2 Å². The molecule has 0 saturated heterocycles. The number of anilines is 1. The molecule has 4 rings (SSSR count). The number of phenolic OH excluding ortho intramolecular Hbond substituents is 1. The van der Waals surface area contributed by atoms with Gasteiger partial charge < -0.3 is 5.11 Å². The zero-order chi connectivity index (χ0) is 19.9. The van der Waals surface area contributed by atoms with E-state index in [4.69, 9.17) is 0 Å². The van der Waals surface area contributed by atoms with Crippen LogP contribution < -0.4 is 4.90 Å². The predicted octanol–water partition coefficient (Wildman–Crippen LogP) is 5.90. The fraction of sp³-hybridized carbons (Fsp3) is 0.160. The number of hydrogen-bond donors (Lipinski definition) is 1. The SMILES string of the molecule is CC1=CC(C)(C)N(C(=O)c2ccc(-c3ccccc3)cc2)c2ccc(O)cc21. The number of allylic oxidation sites excluding steroid dienone is 1. The van der Waals surface area contributed by atoms with Crippen LogP contribution in [0.15, 0.2) is 78.9 Å². The molecule has 0 fully saturated rings. The summed E-state index contributed by atoms with van der Waals surface area (Å²) in [4.78, 5) is 15.3. The normalized spacial score (nSPS) is 15.0. The van der Waals surface area contributed by atoms with Crippen molar-refractivity contribution >= 4 is 17.2 Å². The Bertz CT molecular complexity index is 1060. The summed E-state index contributed by atoms with van der Waals surface area (Å²) in [6.45, 7) is 6.07. The fourth-order valence-electron chi connectivity index (χ4n) is 3.95. The lowest BCUT2D eigenvalue weighted by atomic mass is 9.88. The number of nitrogens with zero attached hydrogens (tertiary/aromatic N) is 1. The topological polar surface area (TPSA) is 40.5 Å². The molecular weight excluding hydrogens is 346 g/mol. The third-order valence-electron chi connectivity index (χ3n) is 5.23. The predicted molar refractivity (Wildman–Crippen MR) is 115 cm³/mol. The molecule has 1 aliphatic rings. The Balaban J connectivity index is 1.73. The Morgan fingerprint density at radius 3 is 2.21 bits per heavy atom. The molecule has 3 aromatic carbocycles. The van der Waals surface area contributed by atoms with Crippen LogP contribution in [0, 0.1) is 0 Å². The maximum atomic E-state index is 13.5. The minimum absolute atomic E-state index is 0.0553. The molecular formula is C25H23NO2. The van der Waals surface area contributed by atoms with Crippen molar-refractivity contribution in [3.8, 4) is 16.9 Å². The number of aromatic hydroxyl groups is 1.